The van der Waals surface area contributed by atoms with Crippen molar-refractivity contribution < 1.29 is 4.79 Å². The molecule has 1 unspecified atom stereocenters. The molecule has 2 aromatic rings. The number of fused-ring (bicyclic) bond motifs is 1. The molecular formula is C21H28ClN5O2. The largest absolute Gasteiger partial charge is 0.371 e. The predicted octanol–water partition coefficient (Wildman–Crippen LogP) is 2.38. The first-order chi connectivity index (χ1) is 14.0. The van der Waals surface area contributed by atoms with E-state index in [1.165, 1.54) is 10.2 Å². The fraction of sp³-hybridized carbons (Fsp3) is 0.571. The van der Waals surface area contributed by atoms with Crippen LogP contribution in [0.5, 0.6) is 0 Å². The number of benzene rings is 1. The molecule has 8 heteroatoms. The Hall–Kier alpha value is -2.28. The van der Waals surface area contributed by atoms with Crippen molar-refractivity contribution in [1.82, 2.24) is 19.7 Å². The number of halogens is 1. The second kappa shape index (κ2) is 8.61. The second-order valence-corrected chi connectivity index (χ2v) is 8.59. The predicted molar refractivity (Wildman–Crippen MR) is 114 cm³/mol. The Labute approximate surface area is 175 Å². The number of nitrogens with one attached hydrogen (secondary N) is 1. The van der Waals surface area contributed by atoms with Crippen LogP contribution in [0.3, 0.4) is 0 Å². The fourth-order valence-corrected chi connectivity index (χ4v) is 4.49. The summed E-state index contributed by atoms with van der Waals surface area (Å²) in [6.07, 6.45) is 4.99. The summed E-state index contributed by atoms with van der Waals surface area (Å²) in [5, 5.41) is 8.12. The molecule has 1 aromatic heterocycles. The van der Waals surface area contributed by atoms with E-state index in [1.54, 1.807) is 4.57 Å². The summed E-state index contributed by atoms with van der Waals surface area (Å²) < 4.78 is 3.04. The molecule has 1 N–H and O–H groups in total. The van der Waals surface area contributed by atoms with Gasteiger partial charge in [-0.1, -0.05) is 24.1 Å². The quantitative estimate of drug-likeness (QED) is 0.810. The zero-order valence-electron chi connectivity index (χ0n) is 16.9. The zero-order valence-corrected chi connectivity index (χ0v) is 17.6. The Morgan fingerprint density at radius 3 is 3.00 bits per heavy atom. The van der Waals surface area contributed by atoms with Crippen LogP contribution in [0.4, 0.5) is 5.69 Å². The highest BCUT2D eigenvalue weighted by Gasteiger charge is 2.24. The van der Waals surface area contributed by atoms with Crippen LogP contribution in [0.1, 0.15) is 37.1 Å². The van der Waals surface area contributed by atoms with Gasteiger partial charge in [-0.05, 0) is 49.8 Å². The van der Waals surface area contributed by atoms with E-state index in [2.05, 4.69) is 22.2 Å². The summed E-state index contributed by atoms with van der Waals surface area (Å²) in [6, 6.07) is 5.95. The van der Waals surface area contributed by atoms with Crippen LogP contribution in [0, 0.1) is 12.8 Å². The number of aromatic nitrogens is 3. The molecule has 0 radical (unpaired) electrons. The molecule has 29 heavy (non-hydrogen) atoms. The minimum atomic E-state index is -0.166. The van der Waals surface area contributed by atoms with Crippen molar-refractivity contribution in [3.63, 3.8) is 0 Å². The number of hydrogen-bond donors (Lipinski definition) is 1. The average Bonchev–Trinajstić information content (AvgIpc) is 3.19. The van der Waals surface area contributed by atoms with Crippen LogP contribution in [0.15, 0.2) is 23.0 Å². The molecular weight excluding hydrogens is 390 g/mol. The Morgan fingerprint density at radius 2 is 2.14 bits per heavy atom. The highest BCUT2D eigenvalue weighted by Crippen LogP contribution is 2.29. The molecule has 1 amide bonds. The second-order valence-electron chi connectivity index (χ2n) is 8.15. The first kappa shape index (κ1) is 20.0. The Kier molecular flexibility index (Phi) is 5.94. The van der Waals surface area contributed by atoms with Crippen LogP contribution >= 0.6 is 11.6 Å². The maximum Gasteiger partial charge on any atom is 0.346 e. The van der Waals surface area contributed by atoms with Crippen molar-refractivity contribution in [3.8, 4) is 0 Å². The van der Waals surface area contributed by atoms with Crippen molar-refractivity contribution in [1.29, 1.82) is 0 Å². The summed E-state index contributed by atoms with van der Waals surface area (Å²) >= 11 is 6.15. The number of rotatable bonds is 5. The minimum Gasteiger partial charge on any atom is -0.371 e. The van der Waals surface area contributed by atoms with E-state index in [9.17, 15) is 9.59 Å². The lowest BCUT2D eigenvalue weighted by atomic mass is 10.1. The van der Waals surface area contributed by atoms with Crippen LogP contribution in [-0.4, -0.2) is 39.9 Å². The van der Waals surface area contributed by atoms with Crippen LogP contribution < -0.4 is 15.9 Å². The van der Waals surface area contributed by atoms with Gasteiger partial charge >= 0.3 is 5.69 Å². The van der Waals surface area contributed by atoms with Gasteiger partial charge < -0.3 is 10.2 Å². The van der Waals surface area contributed by atoms with Crippen LogP contribution in [0.2, 0.25) is 5.02 Å². The summed E-state index contributed by atoms with van der Waals surface area (Å²) in [5.74, 6) is 1.04. The number of hydrogen-bond acceptors (Lipinski definition) is 4. The van der Waals surface area contributed by atoms with Gasteiger partial charge in [0.15, 0.2) is 0 Å². The number of anilines is 1. The number of nitrogens with zero attached hydrogens (tertiary/aromatic N) is 4. The molecule has 1 aromatic carbocycles. The standard InChI is InChI=1S/C21H28ClN5O2/c1-15-6-7-17(22)11-18(15)25-10-8-16(13-25)12-23-20(28)14-27-21(29)26-9-4-2-3-5-19(26)24-27/h6-7,11,16H,2-5,8-10,12-14H2,1H3,(H,23,28). The normalized spacial score (nSPS) is 19.1. The summed E-state index contributed by atoms with van der Waals surface area (Å²) in [6.45, 7) is 5.23. The SMILES string of the molecule is Cc1ccc(Cl)cc1N1CCC(CNC(=O)Cn2nc3n(c2=O)CCCCC3)C1. The number of aryl methyl sites for hydroxylation is 2. The van der Waals surface area contributed by atoms with E-state index in [-0.39, 0.29) is 18.1 Å². The van der Waals surface area contributed by atoms with E-state index >= 15 is 0 Å². The lowest BCUT2D eigenvalue weighted by Crippen LogP contribution is -2.36. The molecule has 156 valence electrons. The van der Waals surface area contributed by atoms with E-state index in [0.29, 0.717) is 19.0 Å². The molecule has 3 heterocycles. The molecule has 7 nitrogen and oxygen atoms in total. The Balaban J connectivity index is 1.31. The third-order valence-corrected chi connectivity index (χ3v) is 6.20. The Bertz CT molecular complexity index is 951. The van der Waals surface area contributed by atoms with Gasteiger partial charge in [-0.3, -0.25) is 9.36 Å². The Morgan fingerprint density at radius 1 is 1.28 bits per heavy atom. The van der Waals surface area contributed by atoms with E-state index in [4.69, 9.17) is 11.6 Å². The van der Waals surface area contributed by atoms with E-state index in [0.717, 1.165) is 61.7 Å². The van der Waals surface area contributed by atoms with E-state index < -0.39 is 0 Å². The minimum absolute atomic E-state index is 0.0112. The molecule has 2 aliphatic heterocycles. The smallest absolute Gasteiger partial charge is 0.346 e. The molecule has 2 aliphatic rings. The summed E-state index contributed by atoms with van der Waals surface area (Å²) in [4.78, 5) is 27.2. The van der Waals surface area contributed by atoms with Gasteiger partial charge in [-0.15, -0.1) is 0 Å². The van der Waals surface area contributed by atoms with Gasteiger partial charge in [-0.25, -0.2) is 9.48 Å². The summed E-state index contributed by atoms with van der Waals surface area (Å²) in [5.41, 5.74) is 2.20. The number of carbonyl (C=O) groups excluding carboxylic acids is 1. The first-order valence-electron chi connectivity index (χ1n) is 10.5. The van der Waals surface area contributed by atoms with Crippen molar-refractivity contribution >= 4 is 23.2 Å². The molecule has 1 atom stereocenters. The van der Waals surface area contributed by atoms with Crippen LogP contribution in [-0.2, 0) is 24.3 Å². The molecule has 1 saturated heterocycles. The average molecular weight is 418 g/mol. The first-order valence-corrected chi connectivity index (χ1v) is 10.8. The van der Waals surface area contributed by atoms with Gasteiger partial charge in [0.2, 0.25) is 5.91 Å². The van der Waals surface area contributed by atoms with Gasteiger partial charge in [-0.2, -0.15) is 5.10 Å². The topological polar surface area (TPSA) is 72.2 Å². The number of amides is 1. The highest BCUT2D eigenvalue weighted by molar-refractivity contribution is 6.30. The third-order valence-electron chi connectivity index (χ3n) is 5.96. The molecule has 1 fully saturated rings. The maximum atomic E-state index is 12.5. The molecule has 0 saturated carbocycles. The molecule has 4 rings (SSSR count). The van der Waals surface area contributed by atoms with E-state index in [1.807, 2.05) is 18.2 Å². The monoisotopic (exact) mass is 417 g/mol. The number of carbonyl (C=O) groups is 1. The van der Waals surface area contributed by atoms with Gasteiger partial charge in [0.1, 0.15) is 12.4 Å². The summed E-state index contributed by atoms with van der Waals surface area (Å²) in [7, 11) is 0. The molecule has 0 bridgehead atoms. The third kappa shape index (κ3) is 4.50. The van der Waals surface area contributed by atoms with Crippen molar-refractivity contribution in [3.05, 3.63) is 45.1 Å². The van der Waals surface area contributed by atoms with Crippen molar-refractivity contribution in [2.24, 2.45) is 5.92 Å². The molecule has 0 aliphatic carbocycles. The lowest BCUT2D eigenvalue weighted by Gasteiger charge is -2.21. The van der Waals surface area contributed by atoms with Gasteiger partial charge in [0.25, 0.3) is 0 Å². The van der Waals surface area contributed by atoms with Gasteiger partial charge in [0, 0.05) is 43.3 Å². The van der Waals surface area contributed by atoms with Gasteiger partial charge in [0.05, 0.1) is 0 Å². The highest BCUT2D eigenvalue weighted by atomic mass is 35.5. The fourth-order valence-electron chi connectivity index (χ4n) is 4.32. The van der Waals surface area contributed by atoms with Crippen molar-refractivity contribution in [2.45, 2.75) is 52.1 Å². The van der Waals surface area contributed by atoms with Crippen molar-refractivity contribution in [2.75, 3.05) is 24.5 Å². The molecule has 0 spiro atoms. The maximum absolute atomic E-state index is 12.5. The zero-order chi connectivity index (χ0) is 20.4. The van der Waals surface area contributed by atoms with Crippen LogP contribution in [0.25, 0.3) is 0 Å². The lowest BCUT2D eigenvalue weighted by molar-refractivity contribution is -0.122.